The van der Waals surface area contributed by atoms with E-state index in [1.807, 2.05) is 12.1 Å². The number of fused-ring (bicyclic) bond motifs is 1. The first-order valence-electron chi connectivity index (χ1n) is 5.86. The van der Waals surface area contributed by atoms with E-state index >= 15 is 0 Å². The molecule has 0 amide bonds. The standard InChI is InChI=1S/C14H10Cl2N2O2/c15-10-2-1-3-11(5-10)18-17-7-9-4-13-14(6-12(9)16)20-8-19-13/h1-7,18H,8H2. The third-order valence-corrected chi connectivity index (χ3v) is 3.28. The predicted molar refractivity (Wildman–Crippen MR) is 80.2 cm³/mol. The molecule has 0 radical (unpaired) electrons. The lowest BCUT2D eigenvalue weighted by atomic mass is 10.2. The summed E-state index contributed by atoms with van der Waals surface area (Å²) in [7, 11) is 0. The van der Waals surface area contributed by atoms with Gasteiger partial charge in [-0.05, 0) is 24.3 Å². The molecular weight excluding hydrogens is 299 g/mol. The smallest absolute Gasteiger partial charge is 0.231 e. The normalized spacial score (nSPS) is 12.9. The molecule has 4 nitrogen and oxygen atoms in total. The fourth-order valence-corrected chi connectivity index (χ4v) is 2.16. The minimum Gasteiger partial charge on any atom is -0.454 e. The molecule has 0 fully saturated rings. The van der Waals surface area contributed by atoms with Gasteiger partial charge in [-0.15, -0.1) is 0 Å². The van der Waals surface area contributed by atoms with E-state index in [1.54, 1.807) is 30.5 Å². The second kappa shape index (κ2) is 5.61. The molecule has 0 saturated carbocycles. The third kappa shape index (κ3) is 2.81. The van der Waals surface area contributed by atoms with Crippen LogP contribution in [0.5, 0.6) is 11.5 Å². The van der Waals surface area contributed by atoms with Crippen LogP contribution in [0.4, 0.5) is 5.69 Å². The summed E-state index contributed by atoms with van der Waals surface area (Å²) in [5.41, 5.74) is 4.42. The monoisotopic (exact) mass is 308 g/mol. The molecule has 1 aliphatic heterocycles. The van der Waals surface area contributed by atoms with E-state index in [0.29, 0.717) is 21.5 Å². The quantitative estimate of drug-likeness (QED) is 0.683. The van der Waals surface area contributed by atoms with Gasteiger partial charge in [0, 0.05) is 16.7 Å². The van der Waals surface area contributed by atoms with E-state index in [4.69, 9.17) is 32.7 Å². The number of rotatable bonds is 3. The number of nitrogens with zero attached hydrogens (tertiary/aromatic N) is 1. The molecule has 0 bridgehead atoms. The van der Waals surface area contributed by atoms with E-state index < -0.39 is 0 Å². The van der Waals surface area contributed by atoms with Crippen molar-refractivity contribution in [2.45, 2.75) is 0 Å². The van der Waals surface area contributed by atoms with E-state index in [9.17, 15) is 0 Å². The zero-order valence-corrected chi connectivity index (χ0v) is 11.8. The van der Waals surface area contributed by atoms with Crippen LogP contribution in [0.2, 0.25) is 10.0 Å². The number of ether oxygens (including phenoxy) is 2. The Kier molecular flexibility index (Phi) is 3.67. The van der Waals surface area contributed by atoms with E-state index in [0.717, 1.165) is 11.3 Å². The lowest BCUT2D eigenvalue weighted by molar-refractivity contribution is 0.174. The van der Waals surface area contributed by atoms with Crippen LogP contribution < -0.4 is 14.9 Å². The van der Waals surface area contributed by atoms with Gasteiger partial charge in [0.2, 0.25) is 6.79 Å². The van der Waals surface area contributed by atoms with Gasteiger partial charge in [0.25, 0.3) is 0 Å². The second-order valence-corrected chi connectivity index (χ2v) is 4.95. The molecule has 0 spiro atoms. The van der Waals surface area contributed by atoms with Gasteiger partial charge >= 0.3 is 0 Å². The first-order valence-corrected chi connectivity index (χ1v) is 6.62. The van der Waals surface area contributed by atoms with Gasteiger partial charge in [-0.1, -0.05) is 29.3 Å². The fourth-order valence-electron chi connectivity index (χ4n) is 1.77. The second-order valence-electron chi connectivity index (χ2n) is 4.11. The minimum absolute atomic E-state index is 0.215. The van der Waals surface area contributed by atoms with Crippen LogP contribution in [0.15, 0.2) is 41.5 Å². The van der Waals surface area contributed by atoms with Crippen LogP contribution in [0.25, 0.3) is 0 Å². The largest absolute Gasteiger partial charge is 0.454 e. The summed E-state index contributed by atoms with van der Waals surface area (Å²) in [6.07, 6.45) is 1.62. The number of halogens is 2. The molecule has 0 atom stereocenters. The highest BCUT2D eigenvalue weighted by atomic mass is 35.5. The molecule has 0 unspecified atom stereocenters. The Balaban J connectivity index is 1.76. The van der Waals surface area contributed by atoms with Crippen molar-refractivity contribution < 1.29 is 9.47 Å². The van der Waals surface area contributed by atoms with Gasteiger partial charge in [0.1, 0.15) is 0 Å². The van der Waals surface area contributed by atoms with Crippen LogP contribution in [-0.4, -0.2) is 13.0 Å². The van der Waals surface area contributed by atoms with Crippen molar-refractivity contribution >= 4 is 35.1 Å². The number of nitrogens with one attached hydrogen (secondary N) is 1. The van der Waals surface area contributed by atoms with Gasteiger partial charge in [-0.25, -0.2) is 0 Å². The molecule has 3 rings (SSSR count). The van der Waals surface area contributed by atoms with Gasteiger partial charge in [0.15, 0.2) is 11.5 Å². The highest BCUT2D eigenvalue weighted by Crippen LogP contribution is 2.36. The van der Waals surface area contributed by atoms with Crippen LogP contribution in [0.3, 0.4) is 0 Å². The highest BCUT2D eigenvalue weighted by Gasteiger charge is 2.15. The Hall–Kier alpha value is -1.91. The maximum atomic E-state index is 6.14. The Morgan fingerprint density at radius 2 is 1.90 bits per heavy atom. The predicted octanol–water partition coefficient (Wildman–Crippen LogP) is 4.17. The Morgan fingerprint density at radius 1 is 1.10 bits per heavy atom. The average Bonchev–Trinajstić information content (AvgIpc) is 2.86. The van der Waals surface area contributed by atoms with Gasteiger partial charge in [-0.3, -0.25) is 5.43 Å². The number of hydrogen-bond acceptors (Lipinski definition) is 4. The average molecular weight is 309 g/mol. The summed E-state index contributed by atoms with van der Waals surface area (Å²) >= 11 is 12.0. The number of hydrazone groups is 1. The molecule has 20 heavy (non-hydrogen) atoms. The number of anilines is 1. The Morgan fingerprint density at radius 3 is 2.70 bits per heavy atom. The first kappa shape index (κ1) is 13.1. The molecule has 0 aromatic heterocycles. The van der Waals surface area contributed by atoms with Crippen molar-refractivity contribution in [3.05, 3.63) is 52.0 Å². The van der Waals surface area contributed by atoms with E-state index in [-0.39, 0.29) is 6.79 Å². The molecule has 2 aromatic carbocycles. The number of benzene rings is 2. The van der Waals surface area contributed by atoms with Gasteiger partial charge < -0.3 is 9.47 Å². The molecule has 6 heteroatoms. The van der Waals surface area contributed by atoms with Gasteiger partial charge in [0.05, 0.1) is 16.9 Å². The van der Waals surface area contributed by atoms with Crippen molar-refractivity contribution in [3.8, 4) is 11.5 Å². The van der Waals surface area contributed by atoms with Crippen LogP contribution >= 0.6 is 23.2 Å². The SMILES string of the molecule is Clc1cccc(NN=Cc2cc3c(cc2Cl)OCO3)c1. The molecular formula is C14H10Cl2N2O2. The van der Waals surface area contributed by atoms with Crippen molar-refractivity contribution in [1.82, 2.24) is 0 Å². The fraction of sp³-hybridized carbons (Fsp3) is 0.0714. The third-order valence-electron chi connectivity index (χ3n) is 2.71. The molecule has 2 aromatic rings. The number of hydrogen-bond donors (Lipinski definition) is 1. The van der Waals surface area contributed by atoms with Crippen molar-refractivity contribution in [3.63, 3.8) is 0 Å². The maximum absolute atomic E-state index is 6.14. The molecule has 0 saturated heterocycles. The Labute approximate surface area is 125 Å². The lowest BCUT2D eigenvalue weighted by Crippen LogP contribution is -1.93. The minimum atomic E-state index is 0.215. The molecule has 0 aliphatic carbocycles. The van der Waals surface area contributed by atoms with Crippen molar-refractivity contribution in [1.29, 1.82) is 0 Å². The topological polar surface area (TPSA) is 42.9 Å². The zero-order chi connectivity index (χ0) is 13.9. The Bertz CT molecular complexity index is 674. The summed E-state index contributed by atoms with van der Waals surface area (Å²) in [5.74, 6) is 1.31. The maximum Gasteiger partial charge on any atom is 0.231 e. The highest BCUT2D eigenvalue weighted by molar-refractivity contribution is 6.33. The zero-order valence-electron chi connectivity index (χ0n) is 10.3. The lowest BCUT2D eigenvalue weighted by Gasteiger charge is -2.02. The van der Waals surface area contributed by atoms with Crippen LogP contribution in [0.1, 0.15) is 5.56 Å². The van der Waals surface area contributed by atoms with Gasteiger partial charge in [-0.2, -0.15) is 5.10 Å². The van der Waals surface area contributed by atoms with Crippen molar-refractivity contribution in [2.24, 2.45) is 5.10 Å². The molecule has 1 aliphatic rings. The molecule has 1 N–H and O–H groups in total. The van der Waals surface area contributed by atoms with Crippen molar-refractivity contribution in [2.75, 3.05) is 12.2 Å². The van der Waals surface area contributed by atoms with E-state index in [2.05, 4.69) is 10.5 Å². The summed E-state index contributed by atoms with van der Waals surface area (Å²) in [6, 6.07) is 10.8. The molecule has 1 heterocycles. The van der Waals surface area contributed by atoms with E-state index in [1.165, 1.54) is 0 Å². The summed E-state index contributed by atoms with van der Waals surface area (Å²) in [4.78, 5) is 0. The summed E-state index contributed by atoms with van der Waals surface area (Å²) in [6.45, 7) is 0.215. The molecule has 102 valence electrons. The summed E-state index contributed by atoms with van der Waals surface area (Å²) in [5, 5.41) is 5.32. The summed E-state index contributed by atoms with van der Waals surface area (Å²) < 4.78 is 10.5. The van der Waals surface area contributed by atoms with Crippen LogP contribution in [0, 0.1) is 0 Å². The van der Waals surface area contributed by atoms with Crippen LogP contribution in [-0.2, 0) is 0 Å². The first-order chi connectivity index (χ1) is 9.72.